The Morgan fingerprint density at radius 1 is 1.10 bits per heavy atom. The summed E-state index contributed by atoms with van der Waals surface area (Å²) in [5, 5.41) is 16.2. The number of ether oxygens (including phenoxy) is 1. The van der Waals surface area contributed by atoms with Crippen molar-refractivity contribution in [2.24, 2.45) is 5.92 Å². The predicted molar refractivity (Wildman–Crippen MR) is 103 cm³/mol. The highest BCUT2D eigenvalue weighted by atomic mass is 19.4. The summed E-state index contributed by atoms with van der Waals surface area (Å²) in [6.07, 6.45) is -3.47. The molecule has 2 N–H and O–H groups in total. The fraction of sp³-hybridized carbons (Fsp3) is 0.286. The van der Waals surface area contributed by atoms with Crippen LogP contribution < -0.4 is 10.1 Å². The molecule has 3 aromatic rings. The van der Waals surface area contributed by atoms with Crippen molar-refractivity contribution in [2.45, 2.75) is 31.8 Å². The van der Waals surface area contributed by atoms with Crippen LogP contribution in [0.4, 0.5) is 13.2 Å². The number of aliphatic carboxylic acids is 1. The van der Waals surface area contributed by atoms with E-state index < -0.39 is 12.3 Å². The first-order chi connectivity index (χ1) is 14.8. The van der Waals surface area contributed by atoms with E-state index in [1.807, 2.05) is 24.3 Å². The van der Waals surface area contributed by atoms with Crippen molar-refractivity contribution in [1.82, 2.24) is 15.5 Å². The molecule has 1 fully saturated rings. The van der Waals surface area contributed by atoms with Gasteiger partial charge >= 0.3 is 12.3 Å². The Kier molecular flexibility index (Phi) is 5.64. The second kappa shape index (κ2) is 8.38. The van der Waals surface area contributed by atoms with Gasteiger partial charge in [0.1, 0.15) is 5.75 Å². The number of hydrogen-bond donors (Lipinski definition) is 2. The van der Waals surface area contributed by atoms with E-state index in [2.05, 4.69) is 20.2 Å². The van der Waals surface area contributed by atoms with Gasteiger partial charge in [-0.05, 0) is 42.7 Å². The van der Waals surface area contributed by atoms with Gasteiger partial charge in [0.15, 0.2) is 0 Å². The number of carboxylic acids is 1. The molecule has 2 aromatic carbocycles. The molecule has 1 aliphatic rings. The number of halogens is 3. The molecule has 1 heterocycles. The molecular formula is C21H18F3N3O4. The van der Waals surface area contributed by atoms with Crippen molar-refractivity contribution >= 4 is 5.97 Å². The van der Waals surface area contributed by atoms with E-state index in [1.54, 1.807) is 0 Å². The van der Waals surface area contributed by atoms with Crippen LogP contribution in [0.25, 0.3) is 22.8 Å². The van der Waals surface area contributed by atoms with Gasteiger partial charge in [-0.15, -0.1) is 13.2 Å². The number of carbonyl (C=O) groups is 1. The Hall–Kier alpha value is -3.40. The smallest absolute Gasteiger partial charge is 0.481 e. The van der Waals surface area contributed by atoms with Gasteiger partial charge in [0.2, 0.25) is 5.82 Å². The van der Waals surface area contributed by atoms with E-state index in [1.165, 1.54) is 24.3 Å². The summed E-state index contributed by atoms with van der Waals surface area (Å²) in [5.41, 5.74) is 2.23. The second-order valence-corrected chi connectivity index (χ2v) is 7.28. The number of benzene rings is 2. The molecule has 7 nitrogen and oxygen atoms in total. The SMILES string of the molecule is O=C(O)[C@H]1C[C@@H](NCc2ccc(-c3noc(-c4ccc(OC(F)(F)F)cc4)n3)cc2)C1. The van der Waals surface area contributed by atoms with Gasteiger partial charge in [-0.3, -0.25) is 4.79 Å². The molecule has 0 aliphatic heterocycles. The van der Waals surface area contributed by atoms with E-state index in [4.69, 9.17) is 9.63 Å². The van der Waals surface area contributed by atoms with Crippen LogP contribution in [0, 0.1) is 5.92 Å². The fourth-order valence-corrected chi connectivity index (χ4v) is 3.28. The molecule has 0 spiro atoms. The number of aromatic nitrogens is 2. The molecular weight excluding hydrogens is 415 g/mol. The molecule has 10 heteroatoms. The second-order valence-electron chi connectivity index (χ2n) is 7.28. The first-order valence-electron chi connectivity index (χ1n) is 9.52. The van der Waals surface area contributed by atoms with E-state index in [-0.39, 0.29) is 23.6 Å². The molecule has 0 unspecified atom stereocenters. The molecule has 162 valence electrons. The van der Waals surface area contributed by atoms with Crippen molar-refractivity contribution in [1.29, 1.82) is 0 Å². The topological polar surface area (TPSA) is 97.5 Å². The summed E-state index contributed by atoms with van der Waals surface area (Å²) in [6, 6.07) is 12.9. The molecule has 1 aromatic heterocycles. The third-order valence-corrected chi connectivity index (χ3v) is 5.06. The van der Waals surface area contributed by atoms with Crippen LogP contribution in [0.2, 0.25) is 0 Å². The van der Waals surface area contributed by atoms with Crippen LogP contribution in [0.3, 0.4) is 0 Å². The number of carboxylic acid groups (broad SMARTS) is 1. The molecule has 1 aliphatic carbocycles. The minimum Gasteiger partial charge on any atom is -0.481 e. The molecule has 0 bridgehead atoms. The maximum atomic E-state index is 12.2. The molecule has 31 heavy (non-hydrogen) atoms. The van der Waals surface area contributed by atoms with Crippen LogP contribution in [0.15, 0.2) is 53.1 Å². The average molecular weight is 433 g/mol. The van der Waals surface area contributed by atoms with Gasteiger partial charge in [-0.1, -0.05) is 29.4 Å². The third-order valence-electron chi connectivity index (χ3n) is 5.06. The monoisotopic (exact) mass is 433 g/mol. The summed E-state index contributed by atoms with van der Waals surface area (Å²) in [7, 11) is 0. The summed E-state index contributed by atoms with van der Waals surface area (Å²) in [4.78, 5) is 15.1. The fourth-order valence-electron chi connectivity index (χ4n) is 3.28. The van der Waals surface area contributed by atoms with Gasteiger partial charge in [-0.25, -0.2) is 0 Å². The Labute approximate surface area is 174 Å². The summed E-state index contributed by atoms with van der Waals surface area (Å²) in [6.45, 7) is 0.626. The van der Waals surface area contributed by atoms with Crippen LogP contribution in [-0.4, -0.2) is 33.6 Å². The Balaban J connectivity index is 1.35. The zero-order valence-electron chi connectivity index (χ0n) is 16.1. The Bertz CT molecular complexity index is 1040. The van der Waals surface area contributed by atoms with E-state index >= 15 is 0 Å². The molecule has 4 rings (SSSR count). The zero-order valence-corrected chi connectivity index (χ0v) is 16.1. The first kappa shape index (κ1) is 20.9. The van der Waals surface area contributed by atoms with Crippen LogP contribution in [0.5, 0.6) is 5.75 Å². The van der Waals surface area contributed by atoms with E-state index in [0.717, 1.165) is 11.1 Å². The van der Waals surface area contributed by atoms with Crippen molar-refractivity contribution in [3.05, 3.63) is 54.1 Å². The number of rotatable bonds is 7. The lowest BCUT2D eigenvalue weighted by atomic mass is 9.80. The minimum absolute atomic E-state index is 0.178. The number of alkyl halides is 3. The lowest BCUT2D eigenvalue weighted by Crippen LogP contribution is -2.43. The Morgan fingerprint density at radius 2 is 1.74 bits per heavy atom. The Morgan fingerprint density at radius 3 is 2.35 bits per heavy atom. The van der Waals surface area contributed by atoms with E-state index in [9.17, 15) is 18.0 Å². The molecule has 0 amide bonds. The quantitative estimate of drug-likeness (QED) is 0.575. The predicted octanol–water partition coefficient (Wildman–Crippen LogP) is 4.26. The van der Waals surface area contributed by atoms with E-state index in [0.29, 0.717) is 30.8 Å². The van der Waals surface area contributed by atoms with Crippen molar-refractivity contribution in [3.63, 3.8) is 0 Å². The van der Waals surface area contributed by atoms with Gasteiger partial charge in [-0.2, -0.15) is 4.98 Å². The standard InChI is InChI=1S/C21H18F3N3O4/c22-21(23,24)30-17-7-5-14(6-8-17)19-26-18(27-31-19)13-3-1-12(2-4-13)11-25-16-9-15(10-16)20(28)29/h1-8,15-16,25H,9-11H2,(H,28,29)/t15-,16+. The molecule has 0 radical (unpaired) electrons. The van der Waals surface area contributed by atoms with Crippen molar-refractivity contribution in [2.75, 3.05) is 0 Å². The first-order valence-corrected chi connectivity index (χ1v) is 9.52. The maximum Gasteiger partial charge on any atom is 0.573 e. The largest absolute Gasteiger partial charge is 0.573 e. The number of hydrogen-bond acceptors (Lipinski definition) is 6. The zero-order chi connectivity index (χ0) is 22.0. The lowest BCUT2D eigenvalue weighted by Gasteiger charge is -2.33. The molecule has 0 saturated heterocycles. The van der Waals surface area contributed by atoms with Gasteiger partial charge in [0.25, 0.3) is 5.89 Å². The normalized spacial score (nSPS) is 18.4. The highest BCUT2D eigenvalue weighted by Gasteiger charge is 2.34. The highest BCUT2D eigenvalue weighted by Crippen LogP contribution is 2.29. The molecule has 0 atom stereocenters. The van der Waals surface area contributed by atoms with Crippen LogP contribution in [0.1, 0.15) is 18.4 Å². The highest BCUT2D eigenvalue weighted by molar-refractivity contribution is 5.71. The maximum absolute atomic E-state index is 12.2. The summed E-state index contributed by atoms with van der Waals surface area (Å²) < 4.78 is 45.8. The number of nitrogens with one attached hydrogen (secondary N) is 1. The average Bonchev–Trinajstić information content (AvgIpc) is 3.16. The van der Waals surface area contributed by atoms with Gasteiger partial charge in [0.05, 0.1) is 5.92 Å². The molecule has 1 saturated carbocycles. The third kappa shape index (κ3) is 5.21. The van der Waals surface area contributed by atoms with Crippen LogP contribution >= 0.6 is 0 Å². The van der Waals surface area contributed by atoms with Gasteiger partial charge < -0.3 is 19.7 Å². The van der Waals surface area contributed by atoms with Crippen molar-refractivity contribution in [3.8, 4) is 28.6 Å². The summed E-state index contributed by atoms with van der Waals surface area (Å²) in [5.74, 6) is -0.792. The minimum atomic E-state index is -4.75. The van der Waals surface area contributed by atoms with Gasteiger partial charge in [0, 0.05) is 23.7 Å². The summed E-state index contributed by atoms with van der Waals surface area (Å²) >= 11 is 0. The lowest BCUT2D eigenvalue weighted by molar-refractivity contribution is -0.274. The van der Waals surface area contributed by atoms with Crippen molar-refractivity contribution < 1.29 is 32.3 Å². The van der Waals surface area contributed by atoms with Crippen LogP contribution in [-0.2, 0) is 11.3 Å². The number of nitrogens with zero attached hydrogens (tertiary/aromatic N) is 2.